The van der Waals surface area contributed by atoms with Crippen LogP contribution in [0.4, 0.5) is 5.69 Å². The lowest BCUT2D eigenvalue weighted by Crippen LogP contribution is -2.20. The molecule has 0 spiro atoms. The molecule has 0 amide bonds. The zero-order chi connectivity index (χ0) is 13.6. The van der Waals surface area contributed by atoms with E-state index in [0.29, 0.717) is 12.4 Å². The summed E-state index contributed by atoms with van der Waals surface area (Å²) in [7, 11) is 0. The lowest BCUT2D eigenvalue weighted by atomic mass is 10.1. The number of aromatic nitrogens is 2. The van der Waals surface area contributed by atoms with Crippen LogP contribution < -0.4 is 10.9 Å². The molecule has 20 heavy (non-hydrogen) atoms. The van der Waals surface area contributed by atoms with E-state index in [1.54, 1.807) is 0 Å². The molecule has 0 bridgehead atoms. The molecule has 0 saturated heterocycles. The number of nitrogens with one attached hydrogen (secondary N) is 2. The van der Waals surface area contributed by atoms with Crippen molar-refractivity contribution in [1.82, 2.24) is 15.6 Å². The maximum absolute atomic E-state index is 4.76. The van der Waals surface area contributed by atoms with Crippen molar-refractivity contribution in [2.45, 2.75) is 6.54 Å². The molecule has 0 radical (unpaired) electrons. The second-order valence-corrected chi connectivity index (χ2v) is 4.30. The minimum absolute atomic E-state index is 0.600. The lowest BCUT2D eigenvalue weighted by Gasteiger charge is -2.08. The van der Waals surface area contributed by atoms with E-state index >= 15 is 0 Å². The normalized spacial score (nSPS) is 10.4. The van der Waals surface area contributed by atoms with E-state index in [0.717, 1.165) is 16.8 Å². The van der Waals surface area contributed by atoms with Gasteiger partial charge in [-0.25, -0.2) is 5.43 Å². The van der Waals surface area contributed by atoms with Crippen LogP contribution >= 0.6 is 0 Å². The van der Waals surface area contributed by atoms with Crippen LogP contribution in [0.5, 0.6) is 0 Å². The molecule has 5 heteroatoms. The Labute approximate surface area is 116 Å². The predicted octanol–water partition coefficient (Wildman–Crippen LogP) is 2.85. The largest absolute Gasteiger partial charge is 0.342 e. The van der Waals surface area contributed by atoms with Gasteiger partial charge in [0.05, 0.1) is 0 Å². The first-order chi connectivity index (χ1) is 9.92. The lowest BCUT2D eigenvalue weighted by molar-refractivity contribution is 0.419. The molecule has 0 saturated carbocycles. The van der Waals surface area contributed by atoms with Gasteiger partial charge in [-0.2, -0.15) is 4.98 Å². The van der Waals surface area contributed by atoms with Crippen molar-refractivity contribution in [1.29, 1.82) is 0 Å². The smallest absolute Gasteiger partial charge is 0.214 e. The van der Waals surface area contributed by atoms with Gasteiger partial charge in [0.2, 0.25) is 12.2 Å². The zero-order valence-corrected chi connectivity index (χ0v) is 10.8. The summed E-state index contributed by atoms with van der Waals surface area (Å²) in [4.78, 5) is 4.04. The van der Waals surface area contributed by atoms with Gasteiger partial charge in [0.15, 0.2) is 0 Å². The fourth-order valence-electron chi connectivity index (χ4n) is 1.89. The Morgan fingerprint density at radius 2 is 1.90 bits per heavy atom. The second-order valence-electron chi connectivity index (χ2n) is 4.30. The molecule has 0 aliphatic heterocycles. The molecule has 0 atom stereocenters. The number of benzene rings is 2. The van der Waals surface area contributed by atoms with Gasteiger partial charge in [-0.15, -0.1) is 0 Å². The van der Waals surface area contributed by atoms with E-state index in [1.807, 2.05) is 54.6 Å². The molecule has 1 heterocycles. The molecule has 100 valence electrons. The fraction of sp³-hybridized carbons (Fsp3) is 0.0667. The van der Waals surface area contributed by atoms with Crippen molar-refractivity contribution < 1.29 is 4.52 Å². The maximum Gasteiger partial charge on any atom is 0.214 e. The van der Waals surface area contributed by atoms with Crippen molar-refractivity contribution in [3.05, 3.63) is 66.6 Å². The van der Waals surface area contributed by atoms with Gasteiger partial charge in [-0.3, -0.25) is 0 Å². The summed E-state index contributed by atoms with van der Waals surface area (Å²) in [6.07, 6.45) is 1.33. The molecule has 3 rings (SSSR count). The highest BCUT2D eigenvalue weighted by Gasteiger charge is 2.03. The molecule has 0 aliphatic rings. The molecule has 5 nitrogen and oxygen atoms in total. The Morgan fingerprint density at radius 1 is 1.00 bits per heavy atom. The van der Waals surface area contributed by atoms with Crippen molar-refractivity contribution in [3.63, 3.8) is 0 Å². The van der Waals surface area contributed by atoms with Gasteiger partial charge in [-0.1, -0.05) is 41.6 Å². The zero-order valence-electron chi connectivity index (χ0n) is 10.8. The summed E-state index contributed by atoms with van der Waals surface area (Å²) >= 11 is 0. The standard InChI is InChI=1S/C15H14N4O/c1-2-7-14(8-3-1)18-17-10-12-5-4-6-13(9-12)15-16-11-20-19-15/h1-9,11,17-18H,10H2. The maximum atomic E-state index is 4.76. The number of anilines is 1. The number of hydrazine groups is 1. The fourth-order valence-corrected chi connectivity index (χ4v) is 1.89. The van der Waals surface area contributed by atoms with Gasteiger partial charge < -0.3 is 9.95 Å². The number of hydrogen-bond donors (Lipinski definition) is 2. The van der Waals surface area contributed by atoms with Crippen LogP contribution in [-0.4, -0.2) is 10.1 Å². The van der Waals surface area contributed by atoms with E-state index in [2.05, 4.69) is 21.0 Å². The Hall–Kier alpha value is -2.66. The quantitative estimate of drug-likeness (QED) is 0.695. The van der Waals surface area contributed by atoms with E-state index in [-0.39, 0.29) is 0 Å². The Morgan fingerprint density at radius 3 is 2.70 bits per heavy atom. The summed E-state index contributed by atoms with van der Waals surface area (Å²) < 4.78 is 4.76. The Bertz CT molecular complexity index is 653. The van der Waals surface area contributed by atoms with Crippen molar-refractivity contribution in [2.24, 2.45) is 0 Å². The van der Waals surface area contributed by atoms with Crippen molar-refractivity contribution in [2.75, 3.05) is 5.43 Å². The number of hydrogen-bond acceptors (Lipinski definition) is 5. The summed E-state index contributed by atoms with van der Waals surface area (Å²) in [5.74, 6) is 0.600. The van der Waals surface area contributed by atoms with Gasteiger partial charge in [0.25, 0.3) is 0 Å². The Balaban J connectivity index is 1.62. The van der Waals surface area contributed by atoms with Crippen LogP contribution in [0.25, 0.3) is 11.4 Å². The molecule has 0 aliphatic carbocycles. The van der Waals surface area contributed by atoms with Crippen molar-refractivity contribution in [3.8, 4) is 11.4 Å². The highest BCUT2D eigenvalue weighted by molar-refractivity contribution is 5.55. The molecule has 1 aromatic heterocycles. The van der Waals surface area contributed by atoms with Gasteiger partial charge in [0, 0.05) is 17.8 Å². The van der Waals surface area contributed by atoms with Crippen LogP contribution in [-0.2, 0) is 6.54 Å². The SMILES string of the molecule is c1ccc(NNCc2cccc(-c3ncon3)c2)cc1. The molecule has 2 N–H and O–H groups in total. The van der Waals surface area contributed by atoms with Crippen LogP contribution in [0.15, 0.2) is 65.5 Å². The Kier molecular flexibility index (Phi) is 3.71. The first-order valence-electron chi connectivity index (χ1n) is 6.31. The van der Waals surface area contributed by atoms with Crippen LogP contribution in [0, 0.1) is 0 Å². The van der Waals surface area contributed by atoms with Gasteiger partial charge in [0.1, 0.15) is 0 Å². The average molecular weight is 266 g/mol. The predicted molar refractivity (Wildman–Crippen MR) is 76.6 cm³/mol. The van der Waals surface area contributed by atoms with E-state index in [9.17, 15) is 0 Å². The van der Waals surface area contributed by atoms with Crippen LogP contribution in [0.3, 0.4) is 0 Å². The third-order valence-corrected chi connectivity index (χ3v) is 2.85. The second kappa shape index (κ2) is 5.99. The summed E-state index contributed by atoms with van der Waals surface area (Å²) in [5.41, 5.74) is 9.43. The molecule has 0 fully saturated rings. The average Bonchev–Trinajstić information content (AvgIpc) is 3.03. The monoisotopic (exact) mass is 266 g/mol. The minimum atomic E-state index is 0.600. The first kappa shape index (κ1) is 12.4. The van der Waals surface area contributed by atoms with Crippen molar-refractivity contribution >= 4 is 5.69 Å². The van der Waals surface area contributed by atoms with Crippen LogP contribution in [0.1, 0.15) is 5.56 Å². The van der Waals surface area contributed by atoms with Crippen LogP contribution in [0.2, 0.25) is 0 Å². The van der Waals surface area contributed by atoms with Gasteiger partial charge >= 0.3 is 0 Å². The van der Waals surface area contributed by atoms with E-state index < -0.39 is 0 Å². The molecule has 0 unspecified atom stereocenters. The first-order valence-corrected chi connectivity index (χ1v) is 6.31. The summed E-state index contributed by atoms with van der Waals surface area (Å²) in [5, 5.41) is 3.83. The molecular weight excluding hydrogens is 252 g/mol. The van der Waals surface area contributed by atoms with E-state index in [1.165, 1.54) is 6.39 Å². The van der Waals surface area contributed by atoms with Gasteiger partial charge in [-0.05, 0) is 23.8 Å². The minimum Gasteiger partial charge on any atom is -0.342 e. The molecule has 3 aromatic rings. The third-order valence-electron chi connectivity index (χ3n) is 2.85. The topological polar surface area (TPSA) is 63.0 Å². The highest BCUT2D eigenvalue weighted by atomic mass is 16.5. The van der Waals surface area contributed by atoms with E-state index in [4.69, 9.17) is 4.52 Å². The highest BCUT2D eigenvalue weighted by Crippen LogP contribution is 2.15. The molecule has 2 aromatic carbocycles. The number of rotatable bonds is 5. The molecular formula is C15H14N4O. The summed E-state index contributed by atoms with van der Waals surface area (Å²) in [6.45, 7) is 0.695. The number of nitrogens with zero attached hydrogens (tertiary/aromatic N) is 2. The number of para-hydroxylation sites is 1. The summed E-state index contributed by atoms with van der Waals surface area (Å²) in [6, 6.07) is 18.0. The third kappa shape index (κ3) is 3.02.